The van der Waals surface area contributed by atoms with E-state index in [4.69, 9.17) is 0 Å². The smallest absolute Gasteiger partial charge is 0.257 e. The molecule has 0 spiro atoms. The van der Waals surface area contributed by atoms with Gasteiger partial charge in [0.25, 0.3) is 5.91 Å². The quantitative estimate of drug-likeness (QED) is 0.540. The van der Waals surface area contributed by atoms with Crippen LogP contribution in [0.2, 0.25) is 0 Å². The van der Waals surface area contributed by atoms with Crippen molar-refractivity contribution in [1.82, 2.24) is 19.5 Å². The number of carbonyl (C=O) groups excluding carboxylic acids is 1. The Bertz CT molecular complexity index is 1150. The highest BCUT2D eigenvalue weighted by Crippen LogP contribution is 2.14. The Morgan fingerprint density at radius 3 is 2.47 bits per heavy atom. The van der Waals surface area contributed by atoms with E-state index in [0.717, 1.165) is 11.4 Å². The summed E-state index contributed by atoms with van der Waals surface area (Å²) in [6.07, 6.45) is 2.97. The third-order valence-electron chi connectivity index (χ3n) is 4.25. The highest BCUT2D eigenvalue weighted by atomic mass is 32.2. The molecule has 2 N–H and O–H groups in total. The Morgan fingerprint density at radius 1 is 1.17 bits per heavy atom. The van der Waals surface area contributed by atoms with Crippen molar-refractivity contribution in [3.8, 4) is 5.82 Å². The van der Waals surface area contributed by atoms with Crippen molar-refractivity contribution < 1.29 is 13.2 Å². The van der Waals surface area contributed by atoms with Crippen LogP contribution in [0.3, 0.4) is 0 Å². The molecule has 0 fully saturated rings. The van der Waals surface area contributed by atoms with Crippen molar-refractivity contribution in [3.05, 3.63) is 83.8 Å². The third-order valence-corrected chi connectivity index (χ3v) is 5.57. The Morgan fingerprint density at radius 2 is 1.90 bits per heavy atom. The van der Waals surface area contributed by atoms with Gasteiger partial charge in [-0.05, 0) is 49.7 Å². The number of carbonyl (C=O) groups is 1. The maximum absolute atomic E-state index is 12.5. The van der Waals surface area contributed by atoms with Crippen LogP contribution in [-0.4, -0.2) is 35.6 Å². The molecular weight excluding hydrogens is 402 g/mol. The van der Waals surface area contributed by atoms with Gasteiger partial charge in [0.15, 0.2) is 5.82 Å². The van der Waals surface area contributed by atoms with Crippen molar-refractivity contribution in [1.29, 1.82) is 0 Å². The molecular formula is C21H23N5O3S. The molecule has 3 aromatic rings. The predicted octanol–water partition coefficient (Wildman–Crippen LogP) is 2.74. The zero-order chi connectivity index (χ0) is 21.7. The SMILES string of the molecule is C=CCNS(=O)(=O)Cc1ccc(NC(=O)c2ccc(-n3nc(C)cc3C)nc2)cc1. The monoisotopic (exact) mass is 425 g/mol. The molecule has 0 bridgehead atoms. The first kappa shape index (κ1) is 21.4. The summed E-state index contributed by atoms with van der Waals surface area (Å²) in [5.41, 5.74) is 3.42. The van der Waals surface area contributed by atoms with Crippen LogP contribution in [0.1, 0.15) is 27.3 Å². The Labute approximate surface area is 175 Å². The Kier molecular flexibility index (Phi) is 6.43. The van der Waals surface area contributed by atoms with E-state index < -0.39 is 10.0 Å². The number of hydrogen-bond acceptors (Lipinski definition) is 5. The summed E-state index contributed by atoms with van der Waals surface area (Å²) in [5.74, 6) is 0.176. The molecule has 0 aliphatic heterocycles. The van der Waals surface area contributed by atoms with Gasteiger partial charge >= 0.3 is 0 Å². The van der Waals surface area contributed by atoms with Gasteiger partial charge in [0.05, 0.1) is 17.0 Å². The number of nitrogens with zero attached hydrogens (tertiary/aromatic N) is 3. The van der Waals surface area contributed by atoms with E-state index in [9.17, 15) is 13.2 Å². The van der Waals surface area contributed by atoms with Gasteiger partial charge in [0.1, 0.15) is 0 Å². The number of aromatic nitrogens is 3. The van der Waals surface area contributed by atoms with Gasteiger partial charge in [-0.25, -0.2) is 22.8 Å². The summed E-state index contributed by atoms with van der Waals surface area (Å²) >= 11 is 0. The first-order chi connectivity index (χ1) is 14.3. The minimum Gasteiger partial charge on any atom is -0.322 e. The fourth-order valence-corrected chi connectivity index (χ4v) is 3.96. The van der Waals surface area contributed by atoms with E-state index in [1.165, 1.54) is 12.3 Å². The molecule has 1 aromatic carbocycles. The van der Waals surface area contributed by atoms with E-state index in [-0.39, 0.29) is 18.2 Å². The summed E-state index contributed by atoms with van der Waals surface area (Å²) in [6, 6.07) is 12.0. The molecule has 0 saturated carbocycles. The van der Waals surface area contributed by atoms with Crippen LogP contribution in [0.15, 0.2) is 61.3 Å². The number of anilines is 1. The van der Waals surface area contributed by atoms with Crippen LogP contribution in [0.25, 0.3) is 5.82 Å². The second kappa shape index (κ2) is 9.02. The first-order valence-corrected chi connectivity index (χ1v) is 10.9. The largest absolute Gasteiger partial charge is 0.322 e. The molecule has 156 valence electrons. The standard InChI is InChI=1S/C21H23N5O3S/c1-4-11-23-30(28,29)14-17-5-8-19(9-6-17)24-21(27)18-7-10-20(22-13-18)26-16(3)12-15(2)25-26/h4-10,12-13,23H,1,11,14H2,2-3H3,(H,24,27). The topological polar surface area (TPSA) is 106 Å². The highest BCUT2D eigenvalue weighted by Gasteiger charge is 2.12. The lowest BCUT2D eigenvalue weighted by atomic mass is 10.2. The summed E-state index contributed by atoms with van der Waals surface area (Å²) in [4.78, 5) is 16.8. The third kappa shape index (κ3) is 5.40. The number of pyridine rings is 1. The lowest BCUT2D eigenvalue weighted by Gasteiger charge is -2.08. The van der Waals surface area contributed by atoms with Gasteiger partial charge in [-0.15, -0.1) is 6.58 Å². The molecule has 3 rings (SSSR count). The number of amides is 1. The summed E-state index contributed by atoms with van der Waals surface area (Å²) in [5, 5.41) is 7.15. The zero-order valence-corrected chi connectivity index (χ0v) is 17.6. The molecule has 2 heterocycles. The number of benzene rings is 1. The fraction of sp³-hybridized carbons (Fsp3) is 0.190. The van der Waals surface area contributed by atoms with Gasteiger partial charge in [0, 0.05) is 24.1 Å². The second-order valence-electron chi connectivity index (χ2n) is 6.79. The molecule has 30 heavy (non-hydrogen) atoms. The van der Waals surface area contributed by atoms with E-state index in [0.29, 0.717) is 22.6 Å². The average Bonchev–Trinajstić information content (AvgIpc) is 3.06. The number of nitrogens with one attached hydrogen (secondary N) is 2. The number of rotatable bonds is 8. The molecule has 0 aliphatic rings. The van der Waals surface area contributed by atoms with Crippen molar-refractivity contribution in [2.24, 2.45) is 0 Å². The van der Waals surface area contributed by atoms with Crippen molar-refractivity contribution in [2.45, 2.75) is 19.6 Å². The van der Waals surface area contributed by atoms with Gasteiger partial charge in [0.2, 0.25) is 10.0 Å². The molecule has 0 saturated heterocycles. The molecule has 0 atom stereocenters. The van der Waals surface area contributed by atoms with Crippen LogP contribution >= 0.6 is 0 Å². The summed E-state index contributed by atoms with van der Waals surface area (Å²) < 4.78 is 28.0. The molecule has 2 aromatic heterocycles. The van der Waals surface area contributed by atoms with Gasteiger partial charge in [-0.2, -0.15) is 5.10 Å². The zero-order valence-electron chi connectivity index (χ0n) is 16.8. The normalized spacial score (nSPS) is 11.3. The maximum Gasteiger partial charge on any atom is 0.257 e. The van der Waals surface area contributed by atoms with Crippen molar-refractivity contribution in [2.75, 3.05) is 11.9 Å². The number of sulfonamides is 1. The average molecular weight is 426 g/mol. The van der Waals surface area contributed by atoms with E-state index in [1.54, 1.807) is 41.1 Å². The summed E-state index contributed by atoms with van der Waals surface area (Å²) in [6.45, 7) is 7.51. The van der Waals surface area contributed by atoms with E-state index in [2.05, 4.69) is 26.7 Å². The van der Waals surface area contributed by atoms with Gasteiger partial charge in [-0.1, -0.05) is 18.2 Å². The Hall–Kier alpha value is -3.30. The lowest BCUT2D eigenvalue weighted by Crippen LogP contribution is -2.25. The molecule has 1 amide bonds. The summed E-state index contributed by atoms with van der Waals surface area (Å²) in [7, 11) is -3.43. The molecule has 8 nitrogen and oxygen atoms in total. The molecule has 0 aliphatic carbocycles. The number of hydrogen-bond donors (Lipinski definition) is 2. The van der Waals surface area contributed by atoms with Crippen LogP contribution in [0.4, 0.5) is 5.69 Å². The van der Waals surface area contributed by atoms with Gasteiger partial charge in [-0.3, -0.25) is 4.79 Å². The van der Waals surface area contributed by atoms with Crippen LogP contribution in [-0.2, 0) is 15.8 Å². The predicted molar refractivity (Wildman–Crippen MR) is 116 cm³/mol. The van der Waals surface area contributed by atoms with Crippen LogP contribution in [0, 0.1) is 13.8 Å². The Balaban J connectivity index is 1.64. The minimum atomic E-state index is -3.43. The van der Waals surface area contributed by atoms with Crippen LogP contribution < -0.4 is 10.0 Å². The molecule has 0 radical (unpaired) electrons. The highest BCUT2D eigenvalue weighted by molar-refractivity contribution is 7.88. The lowest BCUT2D eigenvalue weighted by molar-refractivity contribution is 0.102. The minimum absolute atomic E-state index is 0.146. The van der Waals surface area contributed by atoms with E-state index >= 15 is 0 Å². The van der Waals surface area contributed by atoms with Crippen molar-refractivity contribution >= 4 is 21.6 Å². The van der Waals surface area contributed by atoms with Crippen LogP contribution in [0.5, 0.6) is 0 Å². The maximum atomic E-state index is 12.5. The first-order valence-electron chi connectivity index (χ1n) is 9.25. The molecule has 0 unspecified atom stereocenters. The van der Waals surface area contributed by atoms with Crippen molar-refractivity contribution in [3.63, 3.8) is 0 Å². The molecule has 9 heteroatoms. The van der Waals surface area contributed by atoms with Gasteiger partial charge < -0.3 is 5.32 Å². The second-order valence-corrected chi connectivity index (χ2v) is 8.60. The number of aryl methyl sites for hydroxylation is 2. The van der Waals surface area contributed by atoms with E-state index in [1.807, 2.05) is 19.9 Å². The fourth-order valence-electron chi connectivity index (χ4n) is 2.85.